The van der Waals surface area contributed by atoms with Gasteiger partial charge in [0.2, 0.25) is 17.8 Å². The van der Waals surface area contributed by atoms with Crippen molar-refractivity contribution in [3.05, 3.63) is 0 Å². The number of nitrogens with one attached hydrogen (secondary N) is 2. The number of nitrogen functional groups attached to an aromatic ring is 1. The fourth-order valence-electron chi connectivity index (χ4n) is 1.12. The minimum Gasteiger partial charge on any atom is -0.463 e. The van der Waals surface area contributed by atoms with E-state index in [-0.39, 0.29) is 17.9 Å². The van der Waals surface area contributed by atoms with Crippen molar-refractivity contribution < 1.29 is 9.53 Å². The molecule has 4 N–H and O–H groups in total. The van der Waals surface area contributed by atoms with Gasteiger partial charge in [0.25, 0.3) is 0 Å². The second-order valence-electron chi connectivity index (χ2n) is 3.56. The molecular formula is C10H18N6O2. The van der Waals surface area contributed by atoms with Crippen LogP contribution in [0.5, 0.6) is 6.01 Å². The molecule has 0 aromatic carbocycles. The molecular weight excluding hydrogens is 236 g/mol. The van der Waals surface area contributed by atoms with Crippen molar-refractivity contribution >= 4 is 17.8 Å². The Morgan fingerprint density at radius 2 is 2.11 bits per heavy atom. The fraction of sp³-hybridized carbons (Fsp3) is 0.600. The molecule has 1 aromatic heterocycles. The highest BCUT2D eigenvalue weighted by molar-refractivity contribution is 5.72. The number of anilines is 2. The van der Waals surface area contributed by atoms with Crippen LogP contribution in [-0.4, -0.2) is 40.6 Å². The summed E-state index contributed by atoms with van der Waals surface area (Å²) in [5.41, 5.74) is 5.53. The molecule has 0 atom stereocenters. The van der Waals surface area contributed by atoms with E-state index < -0.39 is 0 Å². The summed E-state index contributed by atoms with van der Waals surface area (Å²) in [4.78, 5) is 22.5. The summed E-state index contributed by atoms with van der Waals surface area (Å²) in [6.45, 7) is 4.94. The Kier molecular flexibility index (Phi) is 5.62. The molecule has 0 radical (unpaired) electrons. The molecule has 0 fully saturated rings. The average molecular weight is 254 g/mol. The van der Waals surface area contributed by atoms with E-state index in [2.05, 4.69) is 25.6 Å². The zero-order valence-corrected chi connectivity index (χ0v) is 10.6. The maximum absolute atomic E-state index is 10.7. The van der Waals surface area contributed by atoms with E-state index in [9.17, 15) is 4.79 Å². The summed E-state index contributed by atoms with van der Waals surface area (Å²) in [6.07, 6.45) is 0.858. The van der Waals surface area contributed by atoms with Crippen LogP contribution in [0, 0.1) is 0 Å². The first-order valence-electron chi connectivity index (χ1n) is 5.74. The predicted octanol–water partition coefficient (Wildman–Crippen LogP) is -0.209. The molecule has 100 valence electrons. The molecule has 0 aliphatic carbocycles. The van der Waals surface area contributed by atoms with Crippen molar-refractivity contribution in [2.24, 2.45) is 0 Å². The third kappa shape index (κ3) is 5.28. The molecule has 0 saturated heterocycles. The molecule has 0 aliphatic heterocycles. The molecule has 18 heavy (non-hydrogen) atoms. The number of carbonyl (C=O) groups is 1. The van der Waals surface area contributed by atoms with Gasteiger partial charge in [0.05, 0.1) is 6.61 Å². The number of hydrogen-bond acceptors (Lipinski definition) is 7. The molecule has 0 aliphatic rings. The van der Waals surface area contributed by atoms with Crippen molar-refractivity contribution in [3.63, 3.8) is 0 Å². The number of carbonyl (C=O) groups excluding carboxylic acids is 1. The number of aromatic nitrogens is 3. The molecule has 8 heteroatoms. The number of rotatable bonds is 7. The van der Waals surface area contributed by atoms with E-state index in [0.717, 1.165) is 6.42 Å². The predicted molar refractivity (Wildman–Crippen MR) is 67.2 cm³/mol. The van der Waals surface area contributed by atoms with Gasteiger partial charge in [0.1, 0.15) is 0 Å². The Morgan fingerprint density at radius 3 is 2.78 bits per heavy atom. The van der Waals surface area contributed by atoms with Crippen molar-refractivity contribution in [2.45, 2.75) is 20.3 Å². The lowest BCUT2D eigenvalue weighted by Crippen LogP contribution is -2.26. The Hall–Kier alpha value is -2.12. The van der Waals surface area contributed by atoms with E-state index in [1.807, 2.05) is 6.92 Å². The van der Waals surface area contributed by atoms with Crippen LogP contribution in [0.1, 0.15) is 20.3 Å². The number of amides is 1. The summed E-state index contributed by atoms with van der Waals surface area (Å²) in [6, 6.07) is 0.200. The third-order valence-electron chi connectivity index (χ3n) is 1.85. The van der Waals surface area contributed by atoms with E-state index in [1.165, 1.54) is 6.92 Å². The van der Waals surface area contributed by atoms with Gasteiger partial charge in [-0.2, -0.15) is 15.0 Å². The lowest BCUT2D eigenvalue weighted by Gasteiger charge is -2.07. The first-order chi connectivity index (χ1) is 8.61. The first kappa shape index (κ1) is 13.9. The lowest BCUT2D eigenvalue weighted by atomic mass is 10.5. The molecule has 1 aromatic rings. The normalized spacial score (nSPS) is 9.89. The van der Waals surface area contributed by atoms with Gasteiger partial charge in [-0.15, -0.1) is 0 Å². The number of nitrogens with two attached hydrogens (primary N) is 1. The topological polar surface area (TPSA) is 115 Å². The zero-order valence-electron chi connectivity index (χ0n) is 10.6. The van der Waals surface area contributed by atoms with Gasteiger partial charge >= 0.3 is 6.01 Å². The second-order valence-corrected chi connectivity index (χ2v) is 3.56. The van der Waals surface area contributed by atoms with Crippen LogP contribution in [0.25, 0.3) is 0 Å². The van der Waals surface area contributed by atoms with Crippen LogP contribution in [0.15, 0.2) is 0 Å². The lowest BCUT2D eigenvalue weighted by molar-refractivity contribution is -0.118. The Balaban J connectivity index is 2.48. The SMILES string of the molecule is CCCOc1nc(N)nc(NCCNC(C)=O)n1. The van der Waals surface area contributed by atoms with Crippen LogP contribution in [0.2, 0.25) is 0 Å². The van der Waals surface area contributed by atoms with E-state index >= 15 is 0 Å². The van der Waals surface area contributed by atoms with Gasteiger partial charge in [-0.25, -0.2) is 0 Å². The average Bonchev–Trinajstić information content (AvgIpc) is 2.31. The summed E-state index contributed by atoms with van der Waals surface area (Å²) in [7, 11) is 0. The first-order valence-corrected chi connectivity index (χ1v) is 5.74. The standard InChI is InChI=1S/C10H18N6O2/c1-3-6-18-10-15-8(11)14-9(16-10)13-5-4-12-7(2)17/h3-6H2,1-2H3,(H,12,17)(H3,11,13,14,15,16). The highest BCUT2D eigenvalue weighted by Gasteiger charge is 2.04. The number of hydrogen-bond donors (Lipinski definition) is 3. The Bertz CT molecular complexity index is 398. The second kappa shape index (κ2) is 7.25. The minimum absolute atomic E-state index is 0.0843. The smallest absolute Gasteiger partial charge is 0.323 e. The van der Waals surface area contributed by atoms with Gasteiger partial charge in [-0.1, -0.05) is 6.92 Å². The molecule has 1 amide bonds. The Labute approximate surface area is 105 Å². The van der Waals surface area contributed by atoms with E-state index in [0.29, 0.717) is 25.6 Å². The summed E-state index contributed by atoms with van der Waals surface area (Å²) < 4.78 is 5.27. The van der Waals surface area contributed by atoms with Crippen LogP contribution < -0.4 is 21.1 Å². The van der Waals surface area contributed by atoms with Crippen molar-refractivity contribution in [1.82, 2.24) is 20.3 Å². The van der Waals surface area contributed by atoms with Gasteiger partial charge < -0.3 is 21.1 Å². The zero-order chi connectivity index (χ0) is 13.4. The minimum atomic E-state index is -0.0843. The van der Waals surface area contributed by atoms with Gasteiger partial charge in [0, 0.05) is 20.0 Å². The maximum Gasteiger partial charge on any atom is 0.323 e. The van der Waals surface area contributed by atoms with Crippen LogP contribution in [0.3, 0.4) is 0 Å². The molecule has 8 nitrogen and oxygen atoms in total. The summed E-state index contributed by atoms with van der Waals surface area (Å²) in [5.74, 6) is 0.344. The van der Waals surface area contributed by atoms with Crippen LogP contribution in [0.4, 0.5) is 11.9 Å². The van der Waals surface area contributed by atoms with Crippen molar-refractivity contribution in [3.8, 4) is 6.01 Å². The quantitative estimate of drug-likeness (QED) is 0.577. The van der Waals surface area contributed by atoms with Crippen molar-refractivity contribution in [1.29, 1.82) is 0 Å². The highest BCUT2D eigenvalue weighted by atomic mass is 16.5. The molecule has 0 spiro atoms. The Morgan fingerprint density at radius 1 is 1.33 bits per heavy atom. The maximum atomic E-state index is 10.7. The molecule has 1 heterocycles. The summed E-state index contributed by atoms with van der Waals surface area (Å²) >= 11 is 0. The van der Waals surface area contributed by atoms with Gasteiger partial charge in [0.15, 0.2) is 0 Å². The molecule has 0 unspecified atom stereocenters. The van der Waals surface area contributed by atoms with Gasteiger partial charge in [-0.05, 0) is 6.42 Å². The molecule has 1 rings (SSSR count). The number of ether oxygens (including phenoxy) is 1. The van der Waals surface area contributed by atoms with Crippen LogP contribution >= 0.6 is 0 Å². The number of nitrogens with zero attached hydrogens (tertiary/aromatic N) is 3. The van der Waals surface area contributed by atoms with Crippen LogP contribution in [-0.2, 0) is 4.79 Å². The van der Waals surface area contributed by atoms with Gasteiger partial charge in [-0.3, -0.25) is 4.79 Å². The fourth-order valence-corrected chi connectivity index (χ4v) is 1.12. The molecule has 0 saturated carbocycles. The highest BCUT2D eigenvalue weighted by Crippen LogP contribution is 2.08. The van der Waals surface area contributed by atoms with Crippen molar-refractivity contribution in [2.75, 3.05) is 30.7 Å². The largest absolute Gasteiger partial charge is 0.463 e. The van der Waals surface area contributed by atoms with E-state index in [1.54, 1.807) is 0 Å². The summed E-state index contributed by atoms with van der Waals surface area (Å²) in [5, 5.41) is 5.56. The monoisotopic (exact) mass is 254 g/mol. The van der Waals surface area contributed by atoms with E-state index in [4.69, 9.17) is 10.5 Å². The molecule has 0 bridgehead atoms. The third-order valence-corrected chi connectivity index (χ3v) is 1.85.